The zero-order valence-corrected chi connectivity index (χ0v) is 12.4. The molecule has 6 heteroatoms. The molecule has 5 nitrogen and oxygen atoms in total. The van der Waals surface area contributed by atoms with Gasteiger partial charge < -0.3 is 15.1 Å². The van der Waals surface area contributed by atoms with Crippen molar-refractivity contribution in [2.24, 2.45) is 5.16 Å². The number of aromatic carboxylic acids is 1. The zero-order valence-electron chi connectivity index (χ0n) is 10.9. The summed E-state index contributed by atoms with van der Waals surface area (Å²) in [7, 11) is 0. The predicted octanol–water partition coefficient (Wildman–Crippen LogP) is 3.53. The number of carboxylic acid groups (broad SMARTS) is 1. The summed E-state index contributed by atoms with van der Waals surface area (Å²) in [6, 6.07) is 11.8. The summed E-state index contributed by atoms with van der Waals surface area (Å²) in [5, 5.41) is 20.5. The average molecular weight is 350 g/mol. The van der Waals surface area contributed by atoms with Gasteiger partial charge in [-0.05, 0) is 35.9 Å². The smallest absolute Gasteiger partial charge is 0.335 e. The third-order valence-corrected chi connectivity index (χ3v) is 3.26. The molecular weight excluding hydrogens is 338 g/mol. The fourth-order valence-corrected chi connectivity index (χ4v) is 2.10. The zero-order chi connectivity index (χ0) is 15.2. The SMILES string of the molecule is O=C(O)c1ccc(COc2ccc(Br)cc2/C=N\O)cc1. The molecule has 108 valence electrons. The fraction of sp³-hybridized carbons (Fsp3) is 0.0667. The van der Waals surface area contributed by atoms with Gasteiger partial charge in [0.25, 0.3) is 0 Å². The van der Waals surface area contributed by atoms with Gasteiger partial charge in [-0.1, -0.05) is 33.2 Å². The van der Waals surface area contributed by atoms with E-state index in [1.54, 1.807) is 24.3 Å². The number of carboxylic acids is 1. The molecule has 0 saturated carbocycles. The van der Waals surface area contributed by atoms with Crippen molar-refractivity contribution < 1.29 is 19.8 Å². The molecule has 0 radical (unpaired) electrons. The first-order valence-electron chi connectivity index (χ1n) is 6.02. The molecule has 0 amide bonds. The Morgan fingerprint density at radius 3 is 2.57 bits per heavy atom. The van der Waals surface area contributed by atoms with E-state index in [0.717, 1.165) is 10.0 Å². The lowest BCUT2D eigenvalue weighted by molar-refractivity contribution is 0.0697. The van der Waals surface area contributed by atoms with Gasteiger partial charge in [-0.15, -0.1) is 0 Å². The number of rotatable bonds is 5. The largest absolute Gasteiger partial charge is 0.488 e. The Labute approximate surface area is 129 Å². The first kappa shape index (κ1) is 15.1. The molecule has 0 fully saturated rings. The maximum absolute atomic E-state index is 10.8. The topological polar surface area (TPSA) is 79.1 Å². The highest BCUT2D eigenvalue weighted by Gasteiger charge is 2.05. The van der Waals surface area contributed by atoms with Gasteiger partial charge in [0.05, 0.1) is 11.8 Å². The predicted molar refractivity (Wildman–Crippen MR) is 81.3 cm³/mol. The molecular formula is C15H12BrNO4. The lowest BCUT2D eigenvalue weighted by Crippen LogP contribution is -2.00. The van der Waals surface area contributed by atoms with E-state index in [2.05, 4.69) is 21.1 Å². The number of oxime groups is 1. The number of halogens is 1. The van der Waals surface area contributed by atoms with Crippen LogP contribution >= 0.6 is 15.9 Å². The first-order chi connectivity index (χ1) is 10.1. The van der Waals surface area contributed by atoms with E-state index in [-0.39, 0.29) is 12.2 Å². The van der Waals surface area contributed by atoms with E-state index < -0.39 is 5.97 Å². The lowest BCUT2D eigenvalue weighted by atomic mass is 10.1. The van der Waals surface area contributed by atoms with Crippen LogP contribution in [0.25, 0.3) is 0 Å². The summed E-state index contributed by atoms with van der Waals surface area (Å²) in [5.41, 5.74) is 1.71. The fourth-order valence-electron chi connectivity index (χ4n) is 1.72. The number of carbonyl (C=O) groups is 1. The van der Waals surface area contributed by atoms with Gasteiger partial charge in [-0.25, -0.2) is 4.79 Å². The number of ether oxygens (including phenoxy) is 1. The summed E-state index contributed by atoms with van der Waals surface area (Å²) >= 11 is 3.33. The van der Waals surface area contributed by atoms with E-state index in [9.17, 15) is 4.79 Å². The number of benzene rings is 2. The van der Waals surface area contributed by atoms with Gasteiger partial charge in [0.1, 0.15) is 12.4 Å². The Balaban J connectivity index is 2.10. The van der Waals surface area contributed by atoms with Crippen molar-refractivity contribution in [2.45, 2.75) is 6.61 Å². The van der Waals surface area contributed by atoms with Crippen molar-refractivity contribution in [3.63, 3.8) is 0 Å². The molecule has 2 N–H and O–H groups in total. The second kappa shape index (κ2) is 6.90. The highest BCUT2D eigenvalue weighted by Crippen LogP contribution is 2.23. The molecule has 0 spiro atoms. The quantitative estimate of drug-likeness (QED) is 0.491. The van der Waals surface area contributed by atoms with E-state index >= 15 is 0 Å². The van der Waals surface area contributed by atoms with E-state index in [0.29, 0.717) is 11.3 Å². The lowest BCUT2D eigenvalue weighted by Gasteiger charge is -2.09. The van der Waals surface area contributed by atoms with Crippen LogP contribution in [0.2, 0.25) is 0 Å². The third kappa shape index (κ3) is 4.06. The number of nitrogens with zero attached hydrogens (tertiary/aromatic N) is 1. The normalized spacial score (nSPS) is 10.7. The molecule has 2 aromatic carbocycles. The Hall–Kier alpha value is -2.34. The van der Waals surface area contributed by atoms with E-state index in [1.807, 2.05) is 6.07 Å². The molecule has 2 aromatic rings. The van der Waals surface area contributed by atoms with Gasteiger partial charge in [0.2, 0.25) is 0 Å². The standard InChI is InChI=1S/C15H12BrNO4/c16-13-5-6-14(12(7-13)8-17-20)21-9-10-1-3-11(4-2-10)15(18)19/h1-8,20H,9H2,(H,18,19)/b17-8-. The number of hydrogen-bond donors (Lipinski definition) is 2. The van der Waals surface area contributed by atoms with Crippen molar-refractivity contribution in [1.82, 2.24) is 0 Å². The summed E-state index contributed by atoms with van der Waals surface area (Å²) in [4.78, 5) is 10.8. The minimum atomic E-state index is -0.961. The molecule has 0 aliphatic rings. The van der Waals surface area contributed by atoms with Crippen LogP contribution in [0.15, 0.2) is 52.1 Å². The maximum Gasteiger partial charge on any atom is 0.335 e. The molecule has 2 rings (SSSR count). The van der Waals surface area contributed by atoms with Crippen molar-refractivity contribution >= 4 is 28.1 Å². The Bertz CT molecular complexity index is 668. The van der Waals surface area contributed by atoms with Crippen molar-refractivity contribution in [1.29, 1.82) is 0 Å². The maximum atomic E-state index is 10.8. The van der Waals surface area contributed by atoms with Crippen LogP contribution in [0.1, 0.15) is 21.5 Å². The van der Waals surface area contributed by atoms with E-state index in [1.165, 1.54) is 18.3 Å². The minimum absolute atomic E-state index is 0.232. The van der Waals surface area contributed by atoms with Crippen LogP contribution < -0.4 is 4.74 Å². The molecule has 0 aromatic heterocycles. The van der Waals surface area contributed by atoms with Crippen LogP contribution in [0.5, 0.6) is 5.75 Å². The van der Waals surface area contributed by atoms with Crippen LogP contribution in [0.3, 0.4) is 0 Å². The number of hydrogen-bond acceptors (Lipinski definition) is 4. The van der Waals surface area contributed by atoms with Gasteiger partial charge in [0, 0.05) is 10.0 Å². The van der Waals surface area contributed by atoms with Crippen LogP contribution in [0, 0.1) is 0 Å². The third-order valence-electron chi connectivity index (χ3n) is 2.76. The summed E-state index contributed by atoms with van der Waals surface area (Å²) in [6.07, 6.45) is 1.29. The van der Waals surface area contributed by atoms with Gasteiger partial charge in [0.15, 0.2) is 0 Å². The van der Waals surface area contributed by atoms with Gasteiger partial charge in [-0.3, -0.25) is 0 Å². The molecule has 0 heterocycles. The highest BCUT2D eigenvalue weighted by molar-refractivity contribution is 9.10. The minimum Gasteiger partial charge on any atom is -0.488 e. The Morgan fingerprint density at radius 2 is 1.95 bits per heavy atom. The second-order valence-corrected chi connectivity index (χ2v) is 5.13. The Morgan fingerprint density at radius 1 is 1.24 bits per heavy atom. The van der Waals surface area contributed by atoms with E-state index in [4.69, 9.17) is 15.1 Å². The summed E-state index contributed by atoms with van der Waals surface area (Å²) < 4.78 is 6.50. The Kier molecular flexibility index (Phi) is 4.94. The average Bonchev–Trinajstić information content (AvgIpc) is 2.47. The van der Waals surface area contributed by atoms with Crippen LogP contribution in [-0.2, 0) is 6.61 Å². The molecule has 0 aliphatic heterocycles. The monoisotopic (exact) mass is 349 g/mol. The second-order valence-electron chi connectivity index (χ2n) is 4.22. The summed E-state index contributed by atoms with van der Waals surface area (Å²) in [5.74, 6) is -0.393. The molecule has 0 bridgehead atoms. The molecule has 0 atom stereocenters. The van der Waals surface area contributed by atoms with Crippen molar-refractivity contribution in [2.75, 3.05) is 0 Å². The van der Waals surface area contributed by atoms with Gasteiger partial charge in [-0.2, -0.15) is 0 Å². The van der Waals surface area contributed by atoms with Crippen molar-refractivity contribution in [3.8, 4) is 5.75 Å². The van der Waals surface area contributed by atoms with Crippen LogP contribution in [-0.4, -0.2) is 22.5 Å². The van der Waals surface area contributed by atoms with Crippen molar-refractivity contribution in [3.05, 3.63) is 63.6 Å². The van der Waals surface area contributed by atoms with Gasteiger partial charge >= 0.3 is 5.97 Å². The molecule has 0 aliphatic carbocycles. The highest BCUT2D eigenvalue weighted by atomic mass is 79.9. The molecule has 0 saturated heterocycles. The van der Waals surface area contributed by atoms with Crippen LogP contribution in [0.4, 0.5) is 0 Å². The molecule has 21 heavy (non-hydrogen) atoms. The first-order valence-corrected chi connectivity index (χ1v) is 6.81. The summed E-state index contributed by atoms with van der Waals surface area (Å²) in [6.45, 7) is 0.286. The molecule has 0 unspecified atom stereocenters.